The highest BCUT2D eigenvalue weighted by atomic mass is 35.5. The Kier molecular flexibility index (Phi) is 11.2. The van der Waals surface area contributed by atoms with Gasteiger partial charge in [0.15, 0.2) is 6.29 Å². The van der Waals surface area contributed by atoms with Crippen LogP contribution in [0, 0.1) is 0 Å². The summed E-state index contributed by atoms with van der Waals surface area (Å²) in [5.41, 5.74) is 7.39. The van der Waals surface area contributed by atoms with Crippen LogP contribution in [0.4, 0.5) is 0 Å². The Morgan fingerprint density at radius 2 is 2.00 bits per heavy atom. The zero-order valence-corrected chi connectivity index (χ0v) is 24.5. The molecule has 214 valence electrons. The van der Waals surface area contributed by atoms with Crippen LogP contribution in [0.25, 0.3) is 5.70 Å². The minimum Gasteiger partial charge on any atom is -0.395 e. The fourth-order valence-corrected chi connectivity index (χ4v) is 6.19. The third-order valence-electron chi connectivity index (χ3n) is 6.05. The molecule has 10 nitrogen and oxygen atoms in total. The molecule has 0 bridgehead atoms. The summed E-state index contributed by atoms with van der Waals surface area (Å²) in [5.74, 6) is 6.35. The number of hydrogen-bond donors (Lipinski definition) is 3. The predicted octanol–water partition coefficient (Wildman–Crippen LogP) is 3.85. The van der Waals surface area contributed by atoms with E-state index in [2.05, 4.69) is 10.3 Å². The fraction of sp³-hybridized carbons (Fsp3) is 0.333. The van der Waals surface area contributed by atoms with Gasteiger partial charge in [-0.05, 0) is 18.2 Å². The van der Waals surface area contributed by atoms with Gasteiger partial charge in [0, 0.05) is 47.4 Å². The van der Waals surface area contributed by atoms with Crippen molar-refractivity contribution in [2.24, 2.45) is 11.6 Å². The van der Waals surface area contributed by atoms with Crippen molar-refractivity contribution in [3.8, 4) is 0 Å². The quantitative estimate of drug-likeness (QED) is 0.257. The van der Waals surface area contributed by atoms with Crippen molar-refractivity contribution in [2.45, 2.75) is 28.8 Å². The van der Waals surface area contributed by atoms with Gasteiger partial charge in [-0.25, -0.2) is 10.8 Å². The predicted molar refractivity (Wildman–Crippen MR) is 156 cm³/mol. The molecule has 0 saturated carbocycles. The van der Waals surface area contributed by atoms with Crippen molar-refractivity contribution in [1.82, 2.24) is 15.3 Å². The van der Waals surface area contributed by atoms with Crippen LogP contribution in [0.1, 0.15) is 27.2 Å². The van der Waals surface area contributed by atoms with Crippen LogP contribution in [-0.2, 0) is 18.9 Å². The molecule has 1 aromatic heterocycles. The van der Waals surface area contributed by atoms with Crippen LogP contribution in [-0.4, -0.2) is 67.5 Å². The number of thiazole rings is 1. The van der Waals surface area contributed by atoms with E-state index < -0.39 is 23.9 Å². The van der Waals surface area contributed by atoms with E-state index in [0.29, 0.717) is 26.2 Å². The molecule has 1 aliphatic rings. The minimum atomic E-state index is -0.643. The van der Waals surface area contributed by atoms with Crippen molar-refractivity contribution < 1.29 is 23.7 Å². The topological polar surface area (TPSA) is 134 Å². The number of carbonyl (C=O) groups is 1. The Hall–Kier alpha value is -2.68. The number of nitrogens with zero attached hydrogens (tertiary/aromatic N) is 2. The monoisotopic (exact) mass is 605 g/mol. The molecular formula is C27H32ClN5O5S2. The number of hydrogen-bond acceptors (Lipinski definition) is 11. The third kappa shape index (κ3) is 7.74. The maximum Gasteiger partial charge on any atom is 0.252 e. The number of carbonyl (C=O) groups excluding carboxylic acids is 1. The second-order valence-corrected chi connectivity index (χ2v) is 11.1. The van der Waals surface area contributed by atoms with E-state index in [0.717, 1.165) is 5.56 Å². The van der Waals surface area contributed by atoms with E-state index in [1.165, 1.54) is 28.1 Å². The van der Waals surface area contributed by atoms with Gasteiger partial charge in [-0.1, -0.05) is 53.7 Å². The first-order valence-corrected chi connectivity index (χ1v) is 14.6. The number of thioether (sulfide) groups is 1. The van der Waals surface area contributed by atoms with Gasteiger partial charge in [0.25, 0.3) is 5.91 Å². The summed E-state index contributed by atoms with van der Waals surface area (Å²) in [6.07, 6.45) is 1.99. The fourth-order valence-electron chi connectivity index (χ4n) is 4.07. The summed E-state index contributed by atoms with van der Waals surface area (Å²) in [6.45, 7) is 0.599. The Labute approximate surface area is 246 Å². The van der Waals surface area contributed by atoms with Gasteiger partial charge in [0.2, 0.25) is 0 Å². The number of hydrazine groups is 1. The molecule has 2 aromatic carbocycles. The van der Waals surface area contributed by atoms with Crippen molar-refractivity contribution >= 4 is 46.3 Å². The smallest absolute Gasteiger partial charge is 0.252 e. The van der Waals surface area contributed by atoms with Crippen LogP contribution >= 0.6 is 34.7 Å². The molecule has 4 unspecified atom stereocenters. The van der Waals surface area contributed by atoms with Crippen molar-refractivity contribution in [3.63, 3.8) is 0 Å². The maximum atomic E-state index is 12.6. The molecule has 0 spiro atoms. The van der Waals surface area contributed by atoms with E-state index in [1.807, 2.05) is 35.7 Å². The lowest BCUT2D eigenvalue weighted by molar-refractivity contribution is -0.188. The molecule has 0 aliphatic carbocycles. The standard InChI is InChI=1S/C27H32ClN5O5S2/c1-31-24(34)19-9-8-18(28)14-22(19)40-27-23(35-2)21(33(30)15-20(29)25-32-10-13-39-25)16-38-26(36-11-12-37-27)17-6-4-3-5-7-17/h3-10,13-15,21,23,26-27H,11-12,16,29-30H2,1-2H3,(H,31,34)/b20-15-. The highest BCUT2D eigenvalue weighted by molar-refractivity contribution is 8.00. The van der Waals surface area contributed by atoms with Gasteiger partial charge in [-0.3, -0.25) is 4.79 Å². The van der Waals surface area contributed by atoms with E-state index >= 15 is 0 Å². The molecule has 4 rings (SSSR count). The maximum absolute atomic E-state index is 12.6. The molecule has 1 fully saturated rings. The molecule has 1 saturated heterocycles. The van der Waals surface area contributed by atoms with Gasteiger partial charge in [0.05, 0.1) is 37.1 Å². The lowest BCUT2D eigenvalue weighted by Crippen LogP contribution is -2.53. The first kappa shape index (κ1) is 30.3. The van der Waals surface area contributed by atoms with E-state index in [4.69, 9.17) is 42.1 Å². The van der Waals surface area contributed by atoms with Crippen LogP contribution < -0.4 is 16.9 Å². The summed E-state index contributed by atoms with van der Waals surface area (Å²) >= 11 is 9.01. The zero-order chi connectivity index (χ0) is 28.5. The van der Waals surface area contributed by atoms with E-state index in [1.54, 1.807) is 44.8 Å². The molecule has 4 atom stereocenters. The lowest BCUT2D eigenvalue weighted by atomic mass is 10.1. The van der Waals surface area contributed by atoms with Crippen LogP contribution in [0.15, 0.2) is 71.2 Å². The average Bonchev–Trinajstić information content (AvgIpc) is 3.51. The molecule has 40 heavy (non-hydrogen) atoms. The highest BCUT2D eigenvalue weighted by Crippen LogP contribution is 2.35. The summed E-state index contributed by atoms with van der Waals surface area (Å²) in [7, 11) is 3.15. The lowest BCUT2D eigenvalue weighted by Gasteiger charge is -2.38. The molecule has 1 amide bonds. The van der Waals surface area contributed by atoms with Crippen LogP contribution in [0.5, 0.6) is 0 Å². The molecule has 0 radical (unpaired) electrons. The second kappa shape index (κ2) is 14.8. The number of ether oxygens (including phenoxy) is 4. The van der Waals surface area contributed by atoms with Crippen molar-refractivity contribution in [3.05, 3.63) is 87.5 Å². The Morgan fingerprint density at radius 1 is 1.23 bits per heavy atom. The summed E-state index contributed by atoms with van der Waals surface area (Å²) in [4.78, 5) is 17.5. The van der Waals surface area contributed by atoms with Gasteiger partial charge in [-0.15, -0.1) is 11.3 Å². The highest BCUT2D eigenvalue weighted by Gasteiger charge is 2.36. The van der Waals surface area contributed by atoms with Gasteiger partial charge in [-0.2, -0.15) is 0 Å². The summed E-state index contributed by atoms with van der Waals surface area (Å²) in [5, 5.41) is 7.06. The van der Waals surface area contributed by atoms with Gasteiger partial charge >= 0.3 is 0 Å². The van der Waals surface area contributed by atoms with Crippen molar-refractivity contribution in [2.75, 3.05) is 34.0 Å². The number of nitrogens with one attached hydrogen (secondary N) is 1. The van der Waals surface area contributed by atoms with Gasteiger partial charge in [0.1, 0.15) is 16.5 Å². The van der Waals surface area contributed by atoms with Gasteiger partial charge < -0.3 is 35.0 Å². The third-order valence-corrected chi connectivity index (χ3v) is 8.34. The Balaban J connectivity index is 1.68. The number of amides is 1. The number of benzene rings is 2. The zero-order valence-electron chi connectivity index (χ0n) is 22.1. The molecule has 1 aliphatic heterocycles. The number of halogens is 1. The second-order valence-electron chi connectivity index (χ2n) is 8.66. The van der Waals surface area contributed by atoms with E-state index in [-0.39, 0.29) is 25.7 Å². The first-order valence-electron chi connectivity index (χ1n) is 12.4. The summed E-state index contributed by atoms with van der Waals surface area (Å²) in [6, 6.07) is 14.1. The Bertz CT molecular complexity index is 1270. The average molecular weight is 606 g/mol. The molecule has 3 aromatic rings. The summed E-state index contributed by atoms with van der Waals surface area (Å²) < 4.78 is 24.7. The molecule has 2 heterocycles. The van der Waals surface area contributed by atoms with E-state index in [9.17, 15) is 4.79 Å². The van der Waals surface area contributed by atoms with Crippen LogP contribution in [0.3, 0.4) is 0 Å². The number of methoxy groups -OCH3 is 1. The molecule has 13 heteroatoms. The van der Waals surface area contributed by atoms with Crippen molar-refractivity contribution in [1.29, 1.82) is 0 Å². The molecule has 5 N–H and O–H groups in total. The SMILES string of the molecule is CNC(=O)c1ccc(Cl)cc1SC1OCCOC(c2ccccc2)OCC(N(N)/C=C(\N)c2nccs2)C1OC. The minimum absolute atomic E-state index is 0.106. The number of aromatic nitrogens is 1. The number of nitrogens with two attached hydrogens (primary N) is 2. The van der Waals surface area contributed by atoms with Crippen LogP contribution in [0.2, 0.25) is 5.02 Å². The molecular weight excluding hydrogens is 574 g/mol. The normalized spacial score (nSPS) is 22.4. The first-order chi connectivity index (χ1) is 19.4. The number of rotatable bonds is 8. The largest absolute Gasteiger partial charge is 0.395 e. The Morgan fingerprint density at radius 3 is 2.70 bits per heavy atom.